The molecule has 5 rings (SSSR count). The molecule has 0 aliphatic rings. The van der Waals surface area contributed by atoms with Crippen molar-refractivity contribution < 1.29 is 14.3 Å². The van der Waals surface area contributed by atoms with E-state index in [1.54, 1.807) is 24.3 Å². The third-order valence-corrected chi connectivity index (χ3v) is 6.98. The average Bonchev–Trinajstić information content (AvgIpc) is 3.46. The Morgan fingerprint density at radius 1 is 1.11 bits per heavy atom. The fourth-order valence-electron chi connectivity index (χ4n) is 4.58. The minimum absolute atomic E-state index is 0.0612. The number of H-pyrrole nitrogens is 1. The predicted molar refractivity (Wildman–Crippen MR) is 150 cm³/mol. The Morgan fingerprint density at radius 2 is 1.92 bits per heavy atom. The van der Waals surface area contributed by atoms with Crippen LogP contribution in [0.2, 0.25) is 0 Å². The lowest BCUT2D eigenvalue weighted by atomic mass is 10.1. The van der Waals surface area contributed by atoms with Gasteiger partial charge in [-0.1, -0.05) is 34.1 Å². The van der Waals surface area contributed by atoms with E-state index in [0.29, 0.717) is 25.2 Å². The van der Waals surface area contributed by atoms with E-state index in [1.807, 2.05) is 59.4 Å². The van der Waals surface area contributed by atoms with Crippen molar-refractivity contribution in [2.45, 2.75) is 19.1 Å². The van der Waals surface area contributed by atoms with Gasteiger partial charge in [0.25, 0.3) is 0 Å². The number of halogens is 2. The molecule has 188 valence electrons. The fourth-order valence-corrected chi connectivity index (χ4v) is 4.85. The van der Waals surface area contributed by atoms with Gasteiger partial charge in [0.15, 0.2) is 5.78 Å². The Balaban J connectivity index is 1.20. The number of nitrogens with zero attached hydrogens (tertiary/aromatic N) is 1. The van der Waals surface area contributed by atoms with Crippen LogP contribution in [0.1, 0.15) is 21.5 Å². The summed E-state index contributed by atoms with van der Waals surface area (Å²) in [6.45, 7) is 1.56. The molecule has 2 aromatic heterocycles. The summed E-state index contributed by atoms with van der Waals surface area (Å²) in [5.74, 6) is -0.316. The quantitative estimate of drug-likeness (QED) is 0.110. The van der Waals surface area contributed by atoms with Crippen molar-refractivity contribution in [1.29, 1.82) is 0 Å². The number of allylic oxidation sites excluding steroid dienone is 1. The van der Waals surface area contributed by atoms with Gasteiger partial charge in [0, 0.05) is 62.9 Å². The number of ketones is 1. The third-order valence-electron chi connectivity index (χ3n) is 6.45. The SMILES string of the molecule is O=C(/C=C/c1cn(CC(O)CNCCc2c[nH]c3cc(F)ccc23)c2ccccc12)c1ccc(Br)cc1. The molecule has 7 heteroatoms. The van der Waals surface area contributed by atoms with Crippen LogP contribution in [0.4, 0.5) is 4.39 Å². The first kappa shape index (κ1) is 25.1. The van der Waals surface area contributed by atoms with Crippen LogP contribution in [0.5, 0.6) is 0 Å². The number of aromatic nitrogens is 2. The third kappa shape index (κ3) is 5.91. The number of hydrogen-bond acceptors (Lipinski definition) is 3. The highest BCUT2D eigenvalue weighted by Crippen LogP contribution is 2.24. The zero-order valence-corrected chi connectivity index (χ0v) is 21.7. The Hall–Kier alpha value is -3.52. The molecule has 0 spiro atoms. The van der Waals surface area contributed by atoms with Gasteiger partial charge in [0.05, 0.1) is 6.10 Å². The predicted octanol–water partition coefficient (Wildman–Crippen LogP) is 6.11. The van der Waals surface area contributed by atoms with Gasteiger partial charge in [-0.05, 0) is 79.2 Å². The summed E-state index contributed by atoms with van der Waals surface area (Å²) in [6.07, 6.45) is 7.49. The number of fused-ring (bicyclic) bond motifs is 2. The number of rotatable bonds is 10. The lowest BCUT2D eigenvalue weighted by Crippen LogP contribution is -2.31. The largest absolute Gasteiger partial charge is 0.390 e. The zero-order chi connectivity index (χ0) is 25.8. The molecule has 0 saturated carbocycles. The molecule has 0 aliphatic carbocycles. The summed E-state index contributed by atoms with van der Waals surface area (Å²) >= 11 is 3.39. The first-order valence-corrected chi connectivity index (χ1v) is 13.0. The molecule has 0 fully saturated rings. The monoisotopic (exact) mass is 559 g/mol. The lowest BCUT2D eigenvalue weighted by molar-refractivity contribution is 0.104. The van der Waals surface area contributed by atoms with Crippen LogP contribution < -0.4 is 5.32 Å². The van der Waals surface area contributed by atoms with Crippen molar-refractivity contribution in [3.05, 3.63) is 112 Å². The van der Waals surface area contributed by atoms with E-state index in [9.17, 15) is 14.3 Å². The Bertz CT molecular complexity index is 1570. The van der Waals surface area contributed by atoms with E-state index in [-0.39, 0.29) is 11.6 Å². The standard InChI is InChI=1S/C30H27BrFN3O2/c31-23-8-5-20(6-9-23)30(37)12-7-22-18-35(29-4-2-1-3-27(22)29)19-25(36)17-33-14-13-21-16-34-28-15-24(32)10-11-26(21)28/h1-12,15-16,18,25,33-34,36H,13-14,17,19H2/b12-7+. The molecule has 2 heterocycles. The molecule has 0 amide bonds. The lowest BCUT2D eigenvalue weighted by Gasteiger charge is -2.13. The number of benzene rings is 3. The number of hydrogen-bond donors (Lipinski definition) is 3. The van der Waals surface area contributed by atoms with Gasteiger partial charge < -0.3 is 20.0 Å². The second kappa shape index (κ2) is 11.3. The summed E-state index contributed by atoms with van der Waals surface area (Å²) in [4.78, 5) is 15.7. The van der Waals surface area contributed by atoms with Crippen molar-refractivity contribution in [3.63, 3.8) is 0 Å². The van der Waals surface area contributed by atoms with Crippen LogP contribution in [0.15, 0.2) is 89.7 Å². The molecule has 5 aromatic rings. The summed E-state index contributed by atoms with van der Waals surface area (Å²) in [6, 6.07) is 20.0. The van der Waals surface area contributed by atoms with Crippen LogP contribution in [0, 0.1) is 5.82 Å². The normalized spacial score (nSPS) is 12.6. The smallest absolute Gasteiger partial charge is 0.185 e. The number of carbonyl (C=O) groups is 1. The van der Waals surface area contributed by atoms with Crippen LogP contribution >= 0.6 is 15.9 Å². The molecule has 1 unspecified atom stereocenters. The van der Waals surface area contributed by atoms with Gasteiger partial charge in [-0.2, -0.15) is 0 Å². The molecule has 37 heavy (non-hydrogen) atoms. The van der Waals surface area contributed by atoms with E-state index in [1.165, 1.54) is 12.1 Å². The van der Waals surface area contributed by atoms with Crippen LogP contribution in [-0.2, 0) is 13.0 Å². The zero-order valence-electron chi connectivity index (χ0n) is 20.1. The van der Waals surface area contributed by atoms with E-state index in [0.717, 1.165) is 43.8 Å². The van der Waals surface area contributed by atoms with Gasteiger partial charge in [0.2, 0.25) is 0 Å². The maximum Gasteiger partial charge on any atom is 0.185 e. The molecule has 5 nitrogen and oxygen atoms in total. The highest BCUT2D eigenvalue weighted by Gasteiger charge is 2.12. The van der Waals surface area contributed by atoms with Gasteiger partial charge in [-0.3, -0.25) is 4.79 Å². The highest BCUT2D eigenvalue weighted by molar-refractivity contribution is 9.10. The van der Waals surface area contributed by atoms with Crippen LogP contribution in [0.3, 0.4) is 0 Å². The number of aliphatic hydroxyl groups is 1. The molecular formula is C30H27BrFN3O2. The van der Waals surface area contributed by atoms with Crippen LogP contribution in [0.25, 0.3) is 27.9 Å². The molecular weight excluding hydrogens is 533 g/mol. The first-order chi connectivity index (χ1) is 18.0. The molecule has 0 saturated heterocycles. The second-order valence-electron chi connectivity index (χ2n) is 9.07. The molecule has 0 bridgehead atoms. The summed E-state index contributed by atoms with van der Waals surface area (Å²) < 4.78 is 16.4. The highest BCUT2D eigenvalue weighted by atomic mass is 79.9. The number of nitrogens with one attached hydrogen (secondary N) is 2. The Morgan fingerprint density at radius 3 is 2.76 bits per heavy atom. The molecule has 0 radical (unpaired) electrons. The number of aromatic amines is 1. The van der Waals surface area contributed by atoms with Crippen molar-refractivity contribution >= 4 is 49.6 Å². The van der Waals surface area contributed by atoms with Gasteiger partial charge >= 0.3 is 0 Å². The average molecular weight is 560 g/mol. The van der Waals surface area contributed by atoms with Crippen molar-refractivity contribution in [2.75, 3.05) is 13.1 Å². The van der Waals surface area contributed by atoms with E-state index < -0.39 is 6.10 Å². The van der Waals surface area contributed by atoms with E-state index >= 15 is 0 Å². The van der Waals surface area contributed by atoms with Gasteiger partial charge in [0.1, 0.15) is 5.82 Å². The minimum Gasteiger partial charge on any atom is -0.390 e. The molecule has 3 N–H and O–H groups in total. The van der Waals surface area contributed by atoms with Gasteiger partial charge in [-0.25, -0.2) is 4.39 Å². The summed E-state index contributed by atoms with van der Waals surface area (Å²) in [7, 11) is 0. The number of para-hydroxylation sites is 1. The maximum atomic E-state index is 13.4. The Kier molecular flexibility index (Phi) is 7.65. The van der Waals surface area contributed by atoms with Crippen molar-refractivity contribution in [3.8, 4) is 0 Å². The topological polar surface area (TPSA) is 70.1 Å². The molecule has 1 atom stereocenters. The first-order valence-electron chi connectivity index (χ1n) is 12.2. The van der Waals surface area contributed by atoms with Crippen molar-refractivity contribution in [1.82, 2.24) is 14.9 Å². The molecule has 3 aromatic carbocycles. The Labute approximate surface area is 222 Å². The van der Waals surface area contributed by atoms with E-state index in [2.05, 4.69) is 26.2 Å². The van der Waals surface area contributed by atoms with E-state index in [4.69, 9.17) is 0 Å². The maximum absolute atomic E-state index is 13.4. The number of aliphatic hydroxyl groups excluding tert-OH is 1. The summed E-state index contributed by atoms with van der Waals surface area (Å²) in [5, 5.41) is 16.1. The van der Waals surface area contributed by atoms with Crippen LogP contribution in [-0.4, -0.2) is 39.6 Å². The summed E-state index contributed by atoms with van der Waals surface area (Å²) in [5.41, 5.74) is 4.46. The molecule has 0 aliphatic heterocycles. The minimum atomic E-state index is -0.589. The fraction of sp³-hybridized carbons (Fsp3) is 0.167. The van der Waals surface area contributed by atoms with Gasteiger partial charge in [-0.15, -0.1) is 0 Å². The number of carbonyl (C=O) groups excluding carboxylic acids is 1. The van der Waals surface area contributed by atoms with Crippen molar-refractivity contribution in [2.24, 2.45) is 0 Å². The second-order valence-corrected chi connectivity index (χ2v) is 9.99.